The minimum atomic E-state index is 0.308. The summed E-state index contributed by atoms with van der Waals surface area (Å²) in [5.41, 5.74) is 2.52. The van der Waals surface area contributed by atoms with Gasteiger partial charge >= 0.3 is 0 Å². The van der Waals surface area contributed by atoms with E-state index in [9.17, 15) is 4.79 Å². The number of allylic oxidation sites excluding steroid dienone is 1. The summed E-state index contributed by atoms with van der Waals surface area (Å²) in [5, 5.41) is 7.07. The van der Waals surface area contributed by atoms with Crippen LogP contribution in [0.2, 0.25) is 0 Å². The Kier molecular flexibility index (Phi) is 4.19. The van der Waals surface area contributed by atoms with Gasteiger partial charge in [0, 0.05) is 37.3 Å². The van der Waals surface area contributed by atoms with Gasteiger partial charge in [-0.3, -0.25) is 9.89 Å². The van der Waals surface area contributed by atoms with Crippen LogP contribution in [0.4, 0.5) is 0 Å². The van der Waals surface area contributed by atoms with Gasteiger partial charge in [0.05, 0.1) is 0 Å². The zero-order valence-electron chi connectivity index (χ0n) is 12.0. The molecule has 0 bridgehead atoms. The average Bonchev–Trinajstić information content (AvgIpc) is 3.03. The maximum absolute atomic E-state index is 12.4. The van der Waals surface area contributed by atoms with Crippen molar-refractivity contribution in [1.82, 2.24) is 15.1 Å². The molecule has 20 heavy (non-hydrogen) atoms. The van der Waals surface area contributed by atoms with E-state index in [1.165, 1.54) is 24.1 Å². The van der Waals surface area contributed by atoms with Crippen LogP contribution in [0.3, 0.4) is 0 Å². The molecule has 0 aromatic carbocycles. The Morgan fingerprint density at radius 2 is 2.35 bits per heavy atom. The molecule has 1 fully saturated rings. The number of H-pyrrole nitrogens is 1. The summed E-state index contributed by atoms with van der Waals surface area (Å²) in [6.07, 6.45) is 11.7. The molecule has 1 aromatic heterocycles. The fourth-order valence-corrected chi connectivity index (χ4v) is 3.32. The Bertz CT molecular complexity index is 478. The van der Waals surface area contributed by atoms with E-state index in [1.807, 2.05) is 11.0 Å². The first kappa shape index (κ1) is 13.4. The van der Waals surface area contributed by atoms with Gasteiger partial charge in [-0.05, 0) is 44.6 Å². The van der Waals surface area contributed by atoms with Crippen molar-refractivity contribution in [2.75, 3.05) is 13.1 Å². The summed E-state index contributed by atoms with van der Waals surface area (Å²) in [6.45, 7) is 1.76. The molecule has 1 aliphatic heterocycles. The van der Waals surface area contributed by atoms with Gasteiger partial charge in [-0.15, -0.1) is 0 Å². The summed E-state index contributed by atoms with van der Waals surface area (Å²) in [5.74, 6) is 0.734. The highest BCUT2D eigenvalue weighted by atomic mass is 16.2. The molecule has 2 heterocycles. The van der Waals surface area contributed by atoms with E-state index in [-0.39, 0.29) is 0 Å². The predicted octanol–water partition coefficient (Wildman–Crippen LogP) is 3.01. The van der Waals surface area contributed by atoms with E-state index >= 15 is 0 Å². The van der Waals surface area contributed by atoms with Crippen LogP contribution in [-0.4, -0.2) is 34.1 Å². The maximum Gasteiger partial charge on any atom is 0.226 e. The molecule has 2 aliphatic rings. The molecule has 4 nitrogen and oxygen atoms in total. The number of piperidine rings is 1. The average molecular weight is 273 g/mol. The van der Waals surface area contributed by atoms with Gasteiger partial charge in [0.1, 0.15) is 0 Å². The van der Waals surface area contributed by atoms with E-state index in [0.29, 0.717) is 18.2 Å². The highest BCUT2D eigenvalue weighted by Gasteiger charge is 2.25. The largest absolute Gasteiger partial charge is 0.342 e. The molecule has 0 radical (unpaired) electrons. The Morgan fingerprint density at radius 3 is 3.10 bits per heavy atom. The molecule has 1 N–H and O–H groups in total. The topological polar surface area (TPSA) is 49.0 Å². The quantitative estimate of drug-likeness (QED) is 0.861. The van der Waals surface area contributed by atoms with Crippen LogP contribution in [-0.2, 0) is 4.79 Å². The van der Waals surface area contributed by atoms with Gasteiger partial charge < -0.3 is 4.90 Å². The van der Waals surface area contributed by atoms with Gasteiger partial charge in [0.15, 0.2) is 0 Å². The number of aromatic nitrogens is 2. The molecule has 1 aliphatic carbocycles. The summed E-state index contributed by atoms with van der Waals surface area (Å²) >= 11 is 0. The SMILES string of the molecule is O=C(CC1=CCCCC1)N1CCC[C@H](c2ccn[nH]2)C1. The smallest absolute Gasteiger partial charge is 0.226 e. The van der Waals surface area contributed by atoms with Gasteiger partial charge in [-0.2, -0.15) is 5.10 Å². The molecule has 1 aromatic rings. The molecule has 4 heteroatoms. The maximum atomic E-state index is 12.4. The number of hydrogen-bond donors (Lipinski definition) is 1. The highest BCUT2D eigenvalue weighted by molar-refractivity contribution is 5.79. The first-order chi connectivity index (χ1) is 9.83. The lowest BCUT2D eigenvalue weighted by atomic mass is 9.93. The lowest BCUT2D eigenvalue weighted by Gasteiger charge is -2.32. The molecule has 1 saturated heterocycles. The lowest BCUT2D eigenvalue weighted by molar-refractivity contribution is -0.131. The van der Waals surface area contributed by atoms with Gasteiger partial charge in [-0.1, -0.05) is 11.6 Å². The third-order valence-electron chi connectivity index (χ3n) is 4.50. The Balaban J connectivity index is 1.58. The molecule has 3 rings (SSSR count). The van der Waals surface area contributed by atoms with Crippen molar-refractivity contribution < 1.29 is 4.79 Å². The standard InChI is InChI=1S/C16H23N3O/c20-16(11-13-5-2-1-3-6-13)19-10-4-7-14(12-19)15-8-9-17-18-15/h5,8-9,14H,1-4,6-7,10-12H2,(H,17,18)/t14-/m0/s1. The second-order valence-electron chi connectivity index (χ2n) is 5.98. The molecular formula is C16H23N3O. The first-order valence-corrected chi connectivity index (χ1v) is 7.78. The molecule has 0 saturated carbocycles. The second kappa shape index (κ2) is 6.25. The molecule has 1 atom stereocenters. The number of carbonyl (C=O) groups is 1. The van der Waals surface area contributed by atoms with Crippen molar-refractivity contribution in [3.05, 3.63) is 29.6 Å². The second-order valence-corrected chi connectivity index (χ2v) is 5.98. The van der Waals surface area contributed by atoms with Crippen LogP contribution in [0.15, 0.2) is 23.9 Å². The normalized spacial score (nSPS) is 23.5. The van der Waals surface area contributed by atoms with Gasteiger partial charge in [-0.25, -0.2) is 0 Å². The van der Waals surface area contributed by atoms with Crippen LogP contribution >= 0.6 is 0 Å². The van der Waals surface area contributed by atoms with Crippen molar-refractivity contribution in [1.29, 1.82) is 0 Å². The summed E-state index contributed by atoms with van der Waals surface area (Å²) in [6, 6.07) is 2.03. The number of nitrogens with one attached hydrogen (secondary N) is 1. The Morgan fingerprint density at radius 1 is 1.40 bits per heavy atom. The number of carbonyl (C=O) groups excluding carboxylic acids is 1. The van der Waals surface area contributed by atoms with Gasteiger partial charge in [0.25, 0.3) is 0 Å². The van der Waals surface area contributed by atoms with Crippen molar-refractivity contribution >= 4 is 5.91 Å². The zero-order valence-corrected chi connectivity index (χ0v) is 12.0. The summed E-state index contributed by atoms with van der Waals surface area (Å²) in [7, 11) is 0. The van der Waals surface area contributed by atoms with E-state index in [4.69, 9.17) is 0 Å². The third kappa shape index (κ3) is 3.11. The molecule has 1 amide bonds. The van der Waals surface area contributed by atoms with Crippen LogP contribution in [0.25, 0.3) is 0 Å². The minimum absolute atomic E-state index is 0.308. The fraction of sp³-hybridized carbons (Fsp3) is 0.625. The number of hydrogen-bond acceptors (Lipinski definition) is 2. The molecular weight excluding hydrogens is 250 g/mol. The van der Waals surface area contributed by atoms with Crippen molar-refractivity contribution in [2.45, 2.75) is 50.9 Å². The monoisotopic (exact) mass is 273 g/mol. The molecule has 0 unspecified atom stereocenters. The van der Waals surface area contributed by atoms with E-state index < -0.39 is 0 Å². The van der Waals surface area contributed by atoms with Crippen molar-refractivity contribution in [2.24, 2.45) is 0 Å². The summed E-state index contributed by atoms with van der Waals surface area (Å²) < 4.78 is 0. The lowest BCUT2D eigenvalue weighted by Crippen LogP contribution is -2.39. The number of aromatic amines is 1. The Labute approximate surface area is 120 Å². The van der Waals surface area contributed by atoms with E-state index in [1.54, 1.807) is 6.20 Å². The first-order valence-electron chi connectivity index (χ1n) is 7.78. The van der Waals surface area contributed by atoms with Crippen LogP contribution in [0, 0.1) is 0 Å². The number of rotatable bonds is 3. The Hall–Kier alpha value is -1.58. The number of nitrogens with zero attached hydrogens (tertiary/aromatic N) is 2. The highest BCUT2D eigenvalue weighted by Crippen LogP contribution is 2.27. The van der Waals surface area contributed by atoms with Crippen LogP contribution < -0.4 is 0 Å². The number of amides is 1. The summed E-state index contributed by atoms with van der Waals surface area (Å²) in [4.78, 5) is 14.5. The van der Waals surface area contributed by atoms with Crippen molar-refractivity contribution in [3.8, 4) is 0 Å². The fourth-order valence-electron chi connectivity index (χ4n) is 3.32. The van der Waals surface area contributed by atoms with Gasteiger partial charge in [0.2, 0.25) is 5.91 Å². The number of likely N-dealkylation sites (tertiary alicyclic amines) is 1. The van der Waals surface area contributed by atoms with Crippen molar-refractivity contribution in [3.63, 3.8) is 0 Å². The molecule has 0 spiro atoms. The third-order valence-corrected chi connectivity index (χ3v) is 4.50. The minimum Gasteiger partial charge on any atom is -0.342 e. The molecule has 108 valence electrons. The predicted molar refractivity (Wildman–Crippen MR) is 78.3 cm³/mol. The van der Waals surface area contributed by atoms with E-state index in [0.717, 1.165) is 38.8 Å². The van der Waals surface area contributed by atoms with Crippen LogP contribution in [0.1, 0.15) is 56.6 Å². The zero-order chi connectivity index (χ0) is 13.8. The van der Waals surface area contributed by atoms with E-state index in [2.05, 4.69) is 16.3 Å². The van der Waals surface area contributed by atoms with Crippen LogP contribution in [0.5, 0.6) is 0 Å².